The zero-order valence-electron chi connectivity index (χ0n) is 11.2. The molecule has 0 heterocycles. The van der Waals surface area contributed by atoms with Gasteiger partial charge >= 0.3 is 0 Å². The van der Waals surface area contributed by atoms with Crippen molar-refractivity contribution < 1.29 is 14.2 Å². The van der Waals surface area contributed by atoms with Crippen molar-refractivity contribution in [2.75, 3.05) is 26.4 Å². The Kier molecular flexibility index (Phi) is 6.68. The topological polar surface area (TPSA) is 27.7 Å². The van der Waals surface area contributed by atoms with E-state index in [4.69, 9.17) is 14.2 Å². The van der Waals surface area contributed by atoms with Crippen LogP contribution in [0.3, 0.4) is 0 Å². The third-order valence-electron chi connectivity index (χ3n) is 2.07. The van der Waals surface area contributed by atoms with Crippen LogP contribution in [0.5, 0.6) is 5.75 Å². The Morgan fingerprint density at radius 1 is 0.944 bits per heavy atom. The van der Waals surface area contributed by atoms with Gasteiger partial charge in [0.1, 0.15) is 12.4 Å². The Labute approximate surface area is 118 Å². The lowest BCUT2D eigenvalue weighted by atomic mass is 10.2. The van der Waals surface area contributed by atoms with E-state index in [0.29, 0.717) is 26.4 Å². The second-order valence-corrected chi connectivity index (χ2v) is 5.79. The molecule has 102 valence electrons. The maximum Gasteiger partial charge on any atom is 0.119 e. The van der Waals surface area contributed by atoms with Crippen molar-refractivity contribution in [3.05, 3.63) is 28.7 Å². The minimum absolute atomic E-state index is 0.0999. The quantitative estimate of drug-likeness (QED) is 0.718. The first-order chi connectivity index (χ1) is 8.47. The third kappa shape index (κ3) is 7.69. The summed E-state index contributed by atoms with van der Waals surface area (Å²) in [6.45, 7) is 8.43. The summed E-state index contributed by atoms with van der Waals surface area (Å²) in [6.07, 6.45) is 0. The molecule has 0 amide bonds. The summed E-state index contributed by atoms with van der Waals surface area (Å²) in [5, 5.41) is 0. The van der Waals surface area contributed by atoms with Crippen LogP contribution in [0, 0.1) is 0 Å². The van der Waals surface area contributed by atoms with E-state index in [-0.39, 0.29) is 5.60 Å². The highest BCUT2D eigenvalue weighted by Crippen LogP contribution is 2.15. The SMILES string of the molecule is CC(C)(C)OCCOCCOc1ccc(Br)cc1. The predicted octanol–water partition coefficient (Wildman–Crippen LogP) is 3.66. The lowest BCUT2D eigenvalue weighted by Crippen LogP contribution is -2.22. The van der Waals surface area contributed by atoms with Crippen molar-refractivity contribution in [2.24, 2.45) is 0 Å². The fourth-order valence-corrected chi connectivity index (χ4v) is 1.52. The molecular weight excluding hydrogens is 296 g/mol. The van der Waals surface area contributed by atoms with Gasteiger partial charge in [0.2, 0.25) is 0 Å². The van der Waals surface area contributed by atoms with Crippen LogP contribution in [0.15, 0.2) is 28.7 Å². The maximum absolute atomic E-state index is 5.54. The summed E-state index contributed by atoms with van der Waals surface area (Å²) in [7, 11) is 0. The Morgan fingerprint density at radius 2 is 1.56 bits per heavy atom. The van der Waals surface area contributed by atoms with Gasteiger partial charge in [-0.25, -0.2) is 0 Å². The Bertz CT molecular complexity index is 330. The first-order valence-corrected chi connectivity index (χ1v) is 6.87. The van der Waals surface area contributed by atoms with Crippen molar-refractivity contribution in [3.8, 4) is 5.75 Å². The van der Waals surface area contributed by atoms with Crippen molar-refractivity contribution in [1.29, 1.82) is 0 Å². The van der Waals surface area contributed by atoms with Gasteiger partial charge in [-0.2, -0.15) is 0 Å². The van der Waals surface area contributed by atoms with Gasteiger partial charge in [-0.15, -0.1) is 0 Å². The van der Waals surface area contributed by atoms with Gasteiger partial charge in [-0.05, 0) is 45.0 Å². The number of halogens is 1. The highest BCUT2D eigenvalue weighted by molar-refractivity contribution is 9.10. The highest BCUT2D eigenvalue weighted by Gasteiger charge is 2.08. The van der Waals surface area contributed by atoms with Crippen molar-refractivity contribution in [1.82, 2.24) is 0 Å². The van der Waals surface area contributed by atoms with Crippen LogP contribution >= 0.6 is 15.9 Å². The minimum atomic E-state index is -0.0999. The van der Waals surface area contributed by atoms with E-state index in [1.807, 2.05) is 45.0 Å². The standard InChI is InChI=1S/C14H21BrO3/c1-14(2,3)18-11-9-16-8-10-17-13-6-4-12(15)5-7-13/h4-7H,8-11H2,1-3H3. The van der Waals surface area contributed by atoms with E-state index >= 15 is 0 Å². The van der Waals surface area contributed by atoms with E-state index in [2.05, 4.69) is 15.9 Å². The van der Waals surface area contributed by atoms with Gasteiger partial charge < -0.3 is 14.2 Å². The van der Waals surface area contributed by atoms with Crippen LogP contribution in [0.1, 0.15) is 20.8 Å². The summed E-state index contributed by atoms with van der Waals surface area (Å²) in [6, 6.07) is 7.75. The molecule has 0 atom stereocenters. The molecule has 3 nitrogen and oxygen atoms in total. The molecule has 0 unspecified atom stereocenters. The van der Waals surface area contributed by atoms with Gasteiger partial charge in [-0.3, -0.25) is 0 Å². The Morgan fingerprint density at radius 3 is 2.17 bits per heavy atom. The minimum Gasteiger partial charge on any atom is -0.491 e. The summed E-state index contributed by atoms with van der Waals surface area (Å²) < 4.78 is 17.5. The maximum atomic E-state index is 5.54. The van der Waals surface area contributed by atoms with Gasteiger partial charge in [0, 0.05) is 4.47 Å². The smallest absolute Gasteiger partial charge is 0.119 e. The summed E-state index contributed by atoms with van der Waals surface area (Å²) in [4.78, 5) is 0. The number of hydrogen-bond acceptors (Lipinski definition) is 3. The molecule has 0 bridgehead atoms. The van der Waals surface area contributed by atoms with Crippen LogP contribution in [0.25, 0.3) is 0 Å². The van der Waals surface area contributed by atoms with Crippen LogP contribution < -0.4 is 4.74 Å². The summed E-state index contributed by atoms with van der Waals surface area (Å²) in [5.74, 6) is 0.854. The normalized spacial score (nSPS) is 11.6. The van der Waals surface area contributed by atoms with Crippen LogP contribution in [-0.4, -0.2) is 32.0 Å². The molecule has 1 rings (SSSR count). The molecule has 0 saturated carbocycles. The molecule has 0 radical (unpaired) electrons. The Hall–Kier alpha value is -0.580. The lowest BCUT2D eigenvalue weighted by molar-refractivity contribution is -0.0375. The molecule has 1 aromatic carbocycles. The molecule has 0 aromatic heterocycles. The fourth-order valence-electron chi connectivity index (χ4n) is 1.26. The van der Waals surface area contributed by atoms with Gasteiger partial charge in [0.15, 0.2) is 0 Å². The molecule has 0 saturated heterocycles. The predicted molar refractivity (Wildman–Crippen MR) is 76.2 cm³/mol. The summed E-state index contributed by atoms with van der Waals surface area (Å²) in [5.41, 5.74) is -0.0999. The summed E-state index contributed by atoms with van der Waals surface area (Å²) >= 11 is 3.38. The van der Waals surface area contributed by atoms with Gasteiger partial charge in [0.25, 0.3) is 0 Å². The number of ether oxygens (including phenoxy) is 3. The van der Waals surface area contributed by atoms with Crippen molar-refractivity contribution >= 4 is 15.9 Å². The number of benzene rings is 1. The largest absolute Gasteiger partial charge is 0.491 e. The van der Waals surface area contributed by atoms with E-state index in [0.717, 1.165) is 10.2 Å². The average Bonchev–Trinajstić information content (AvgIpc) is 2.29. The first kappa shape index (κ1) is 15.5. The van der Waals surface area contributed by atoms with Crippen molar-refractivity contribution in [2.45, 2.75) is 26.4 Å². The molecule has 0 aliphatic rings. The van der Waals surface area contributed by atoms with Crippen LogP contribution in [-0.2, 0) is 9.47 Å². The first-order valence-electron chi connectivity index (χ1n) is 6.07. The van der Waals surface area contributed by atoms with Crippen LogP contribution in [0.4, 0.5) is 0 Å². The second kappa shape index (κ2) is 7.77. The molecule has 4 heteroatoms. The molecule has 0 aliphatic heterocycles. The molecule has 0 spiro atoms. The van der Waals surface area contributed by atoms with E-state index in [1.54, 1.807) is 0 Å². The van der Waals surface area contributed by atoms with E-state index in [1.165, 1.54) is 0 Å². The zero-order chi connectivity index (χ0) is 13.4. The fraction of sp³-hybridized carbons (Fsp3) is 0.571. The lowest BCUT2D eigenvalue weighted by Gasteiger charge is -2.19. The molecule has 0 N–H and O–H groups in total. The average molecular weight is 317 g/mol. The molecule has 0 fully saturated rings. The van der Waals surface area contributed by atoms with Gasteiger partial charge in [0.05, 0.1) is 25.4 Å². The monoisotopic (exact) mass is 316 g/mol. The van der Waals surface area contributed by atoms with Gasteiger partial charge in [-0.1, -0.05) is 15.9 Å². The molecule has 0 aliphatic carbocycles. The van der Waals surface area contributed by atoms with E-state index < -0.39 is 0 Å². The highest BCUT2D eigenvalue weighted by atomic mass is 79.9. The number of hydrogen-bond donors (Lipinski definition) is 0. The molecule has 18 heavy (non-hydrogen) atoms. The Balaban J connectivity index is 2.00. The van der Waals surface area contributed by atoms with E-state index in [9.17, 15) is 0 Å². The molecular formula is C14H21BrO3. The number of rotatable bonds is 7. The zero-order valence-corrected chi connectivity index (χ0v) is 12.8. The second-order valence-electron chi connectivity index (χ2n) is 4.88. The third-order valence-corrected chi connectivity index (χ3v) is 2.60. The molecule has 1 aromatic rings. The van der Waals surface area contributed by atoms with Crippen molar-refractivity contribution in [3.63, 3.8) is 0 Å². The van der Waals surface area contributed by atoms with Crippen LogP contribution in [0.2, 0.25) is 0 Å².